The highest BCUT2D eigenvalue weighted by molar-refractivity contribution is 5.34. The molecule has 0 heterocycles. The largest absolute Gasteiger partial charge is 0.374 e. The molecule has 2 atom stereocenters. The van der Waals surface area contributed by atoms with E-state index in [4.69, 9.17) is 0 Å². The molecule has 0 aromatic heterocycles. The summed E-state index contributed by atoms with van der Waals surface area (Å²) in [6.07, 6.45) is 11.8. The normalized spacial score (nSPS) is 24.7. The Morgan fingerprint density at radius 2 is 1.85 bits per heavy atom. The minimum Gasteiger partial charge on any atom is -0.374 e. The number of nitrogens with zero attached hydrogens (tertiary/aromatic N) is 1. The van der Waals surface area contributed by atoms with Crippen molar-refractivity contribution in [3.63, 3.8) is 0 Å². The molecule has 1 rings (SSSR count). The van der Waals surface area contributed by atoms with Crippen LogP contribution in [0.15, 0.2) is 59.4 Å². The maximum Gasteiger partial charge on any atom is 0.0356 e. The fraction of sp³-hybridized carbons (Fsp3) is 0.474. The molecule has 110 valence electrons. The molecule has 0 aromatic carbocycles. The van der Waals surface area contributed by atoms with Gasteiger partial charge in [0.2, 0.25) is 0 Å². The molecular weight excluding hydrogens is 242 g/mol. The number of hydrogen-bond donors (Lipinski definition) is 0. The quantitative estimate of drug-likeness (QED) is 0.596. The van der Waals surface area contributed by atoms with E-state index in [-0.39, 0.29) is 0 Å². The Bertz CT molecular complexity index is 474. The van der Waals surface area contributed by atoms with Crippen LogP contribution in [0.5, 0.6) is 0 Å². The van der Waals surface area contributed by atoms with Crippen molar-refractivity contribution in [1.82, 2.24) is 4.90 Å². The van der Waals surface area contributed by atoms with Crippen LogP contribution in [0.25, 0.3) is 0 Å². The Morgan fingerprint density at radius 3 is 2.40 bits per heavy atom. The summed E-state index contributed by atoms with van der Waals surface area (Å²) in [5.41, 5.74) is 5.47. The third-order valence-electron chi connectivity index (χ3n) is 4.28. The smallest absolute Gasteiger partial charge is 0.0356 e. The van der Waals surface area contributed by atoms with Crippen LogP contribution in [0.2, 0.25) is 0 Å². The van der Waals surface area contributed by atoms with Gasteiger partial charge in [0.15, 0.2) is 0 Å². The predicted molar refractivity (Wildman–Crippen MR) is 90.6 cm³/mol. The lowest BCUT2D eigenvalue weighted by molar-refractivity contribution is 0.395. The lowest BCUT2D eigenvalue weighted by Crippen LogP contribution is -2.20. The van der Waals surface area contributed by atoms with Gasteiger partial charge in [-0.1, -0.05) is 47.6 Å². The van der Waals surface area contributed by atoms with E-state index in [1.807, 2.05) is 13.0 Å². The summed E-state index contributed by atoms with van der Waals surface area (Å²) in [5, 5.41) is 0. The average Bonchev–Trinajstić information content (AvgIpc) is 3.22. The Labute approximate surface area is 125 Å². The van der Waals surface area contributed by atoms with Crippen LogP contribution < -0.4 is 0 Å². The van der Waals surface area contributed by atoms with Crippen molar-refractivity contribution in [3.05, 3.63) is 59.4 Å². The Kier molecular flexibility index (Phi) is 6.06. The lowest BCUT2D eigenvalue weighted by atomic mass is 10.0. The van der Waals surface area contributed by atoms with Gasteiger partial charge in [-0.25, -0.2) is 0 Å². The van der Waals surface area contributed by atoms with E-state index in [2.05, 4.69) is 70.5 Å². The monoisotopic (exact) mass is 271 g/mol. The summed E-state index contributed by atoms with van der Waals surface area (Å²) < 4.78 is 0. The van der Waals surface area contributed by atoms with Gasteiger partial charge in [-0.05, 0) is 47.1 Å². The summed E-state index contributed by atoms with van der Waals surface area (Å²) in [6.45, 7) is 14.6. The first-order chi connectivity index (χ1) is 9.42. The van der Waals surface area contributed by atoms with Crippen molar-refractivity contribution in [2.24, 2.45) is 5.92 Å². The average molecular weight is 271 g/mol. The van der Waals surface area contributed by atoms with Crippen molar-refractivity contribution in [3.8, 4) is 0 Å². The highest BCUT2D eigenvalue weighted by Crippen LogP contribution is 2.43. The molecule has 1 nitrogen and oxygen atoms in total. The summed E-state index contributed by atoms with van der Waals surface area (Å²) in [6, 6.07) is 0.656. The highest BCUT2D eigenvalue weighted by Gasteiger charge is 2.41. The van der Waals surface area contributed by atoms with Gasteiger partial charge in [-0.3, -0.25) is 0 Å². The Balaban J connectivity index is 2.75. The highest BCUT2D eigenvalue weighted by atomic mass is 15.2. The van der Waals surface area contributed by atoms with Crippen LogP contribution in [-0.2, 0) is 0 Å². The fourth-order valence-electron chi connectivity index (χ4n) is 2.50. The van der Waals surface area contributed by atoms with Gasteiger partial charge >= 0.3 is 0 Å². The molecule has 1 aliphatic rings. The van der Waals surface area contributed by atoms with Crippen LogP contribution in [0.1, 0.15) is 41.0 Å². The molecular formula is C19H29N. The van der Waals surface area contributed by atoms with E-state index < -0.39 is 0 Å². The van der Waals surface area contributed by atoms with Gasteiger partial charge in [0, 0.05) is 24.7 Å². The third kappa shape index (κ3) is 4.26. The second-order valence-corrected chi connectivity index (χ2v) is 5.81. The van der Waals surface area contributed by atoms with E-state index in [1.54, 1.807) is 0 Å². The molecule has 20 heavy (non-hydrogen) atoms. The van der Waals surface area contributed by atoms with Crippen molar-refractivity contribution in [2.45, 2.75) is 47.1 Å². The van der Waals surface area contributed by atoms with Crippen LogP contribution in [0.3, 0.4) is 0 Å². The SMILES string of the molecule is C=C/C(C)=C\C(C)=C(/C)C1CC1N(C)/C(C)=C/C=C\C. The molecule has 0 N–H and O–H groups in total. The molecule has 1 heteroatoms. The molecule has 1 aliphatic carbocycles. The molecule has 1 fully saturated rings. The molecule has 0 aromatic rings. The Morgan fingerprint density at radius 1 is 1.20 bits per heavy atom. The van der Waals surface area contributed by atoms with Gasteiger partial charge in [0.25, 0.3) is 0 Å². The summed E-state index contributed by atoms with van der Waals surface area (Å²) in [5.74, 6) is 0.697. The second-order valence-electron chi connectivity index (χ2n) is 5.81. The second kappa shape index (κ2) is 7.33. The van der Waals surface area contributed by atoms with E-state index in [0.29, 0.717) is 12.0 Å². The molecule has 0 spiro atoms. The number of hydrogen-bond acceptors (Lipinski definition) is 1. The van der Waals surface area contributed by atoms with Crippen LogP contribution in [0, 0.1) is 5.92 Å². The van der Waals surface area contributed by atoms with Crippen LogP contribution >= 0.6 is 0 Å². The third-order valence-corrected chi connectivity index (χ3v) is 4.28. The van der Waals surface area contributed by atoms with Gasteiger partial charge in [0.05, 0.1) is 0 Å². The maximum absolute atomic E-state index is 3.82. The van der Waals surface area contributed by atoms with E-state index in [9.17, 15) is 0 Å². The summed E-state index contributed by atoms with van der Waals surface area (Å²) >= 11 is 0. The van der Waals surface area contributed by atoms with Crippen molar-refractivity contribution < 1.29 is 0 Å². The predicted octanol–water partition coefficient (Wildman–Crippen LogP) is 5.26. The molecule has 0 amide bonds. The van der Waals surface area contributed by atoms with Gasteiger partial charge < -0.3 is 4.90 Å². The number of rotatable bonds is 6. The molecule has 0 aliphatic heterocycles. The van der Waals surface area contributed by atoms with Crippen LogP contribution in [0.4, 0.5) is 0 Å². The fourth-order valence-corrected chi connectivity index (χ4v) is 2.50. The zero-order valence-corrected chi connectivity index (χ0v) is 13.9. The standard InChI is InChI=1S/C19H29N/c1-8-10-11-16(5)20(7)19-13-18(19)17(6)15(4)12-14(3)9-2/h8-12,18-19H,2,13H2,1,3-7H3/b10-8-,14-12-,16-11+,17-15+. The van der Waals surface area contributed by atoms with E-state index in [1.165, 1.54) is 28.8 Å². The van der Waals surface area contributed by atoms with Crippen molar-refractivity contribution >= 4 is 0 Å². The van der Waals surface area contributed by atoms with Crippen molar-refractivity contribution in [2.75, 3.05) is 7.05 Å². The minimum absolute atomic E-state index is 0.656. The van der Waals surface area contributed by atoms with E-state index >= 15 is 0 Å². The summed E-state index contributed by atoms with van der Waals surface area (Å²) in [4.78, 5) is 2.41. The van der Waals surface area contributed by atoms with Gasteiger partial charge in [-0.2, -0.15) is 0 Å². The zero-order chi connectivity index (χ0) is 15.3. The van der Waals surface area contributed by atoms with Gasteiger partial charge in [-0.15, -0.1) is 0 Å². The first-order valence-electron chi connectivity index (χ1n) is 7.42. The topological polar surface area (TPSA) is 3.24 Å². The first kappa shape index (κ1) is 16.6. The summed E-state index contributed by atoms with van der Waals surface area (Å²) in [7, 11) is 2.20. The first-order valence-corrected chi connectivity index (χ1v) is 7.42. The molecule has 1 saturated carbocycles. The van der Waals surface area contributed by atoms with Crippen LogP contribution in [-0.4, -0.2) is 18.0 Å². The Hall–Kier alpha value is -1.50. The van der Waals surface area contributed by atoms with Gasteiger partial charge in [0.1, 0.15) is 0 Å². The zero-order valence-electron chi connectivity index (χ0n) is 13.9. The lowest BCUT2D eigenvalue weighted by Gasteiger charge is -2.20. The molecule has 0 bridgehead atoms. The molecule has 0 radical (unpaired) electrons. The molecule has 0 saturated heterocycles. The molecule has 2 unspecified atom stereocenters. The maximum atomic E-state index is 3.82. The van der Waals surface area contributed by atoms with Crippen molar-refractivity contribution in [1.29, 1.82) is 0 Å². The minimum atomic E-state index is 0.656. The number of allylic oxidation sites excluding steroid dienone is 8. The van der Waals surface area contributed by atoms with E-state index in [0.717, 1.165) is 0 Å².